The van der Waals surface area contributed by atoms with E-state index in [-0.39, 0.29) is 16.2 Å². The van der Waals surface area contributed by atoms with Crippen LogP contribution in [0.1, 0.15) is 53.9 Å². The van der Waals surface area contributed by atoms with Crippen LogP contribution in [0.2, 0.25) is 0 Å². The molecule has 0 saturated carbocycles. The van der Waals surface area contributed by atoms with Gasteiger partial charge in [-0.3, -0.25) is 14.5 Å². The van der Waals surface area contributed by atoms with E-state index in [0.717, 1.165) is 19.3 Å². The molecule has 2 aromatic rings. The molecule has 1 heterocycles. The monoisotopic (exact) mass is 417 g/mol. The Balaban J connectivity index is 2.16. The molecular weight excluding hydrogens is 386 g/mol. The van der Waals surface area contributed by atoms with E-state index in [1.807, 2.05) is 13.8 Å². The Morgan fingerprint density at radius 2 is 1.62 bits per heavy atom. The van der Waals surface area contributed by atoms with E-state index in [9.17, 15) is 13.2 Å². The normalized spacial score (nSPS) is 12.4. The number of aromatic nitrogens is 1. The molecule has 0 aliphatic rings. The fourth-order valence-electron chi connectivity index (χ4n) is 3.53. The third kappa shape index (κ3) is 6.03. The molecule has 0 fully saturated rings. The second-order valence-electron chi connectivity index (χ2n) is 8.55. The van der Waals surface area contributed by atoms with Crippen LogP contribution in [0.15, 0.2) is 53.7 Å². The second-order valence-corrected chi connectivity index (χ2v) is 10.2. The highest BCUT2D eigenvalue weighted by atomic mass is 32.2. The number of pyridine rings is 1. The van der Waals surface area contributed by atoms with Crippen LogP contribution in [0.5, 0.6) is 0 Å². The zero-order chi connectivity index (χ0) is 21.7. The molecule has 0 bridgehead atoms. The molecule has 1 amide bonds. The smallest absolute Gasteiger partial charge is 0.261 e. The maximum absolute atomic E-state index is 13.0. The van der Waals surface area contributed by atoms with Gasteiger partial charge in [0.05, 0.1) is 16.8 Å². The summed E-state index contributed by atoms with van der Waals surface area (Å²) in [6, 6.07) is 9.48. The van der Waals surface area contributed by atoms with Crippen molar-refractivity contribution in [1.82, 2.24) is 4.98 Å². The minimum atomic E-state index is -3.72. The Morgan fingerprint density at radius 3 is 2.10 bits per heavy atom. The van der Waals surface area contributed by atoms with Gasteiger partial charge in [0.25, 0.3) is 10.0 Å². The maximum atomic E-state index is 13.0. The molecule has 2 rings (SSSR count). The Labute approximate surface area is 174 Å². The number of hydrogen-bond acceptors (Lipinski definition) is 4. The lowest BCUT2D eigenvalue weighted by Gasteiger charge is -2.36. The molecule has 0 aliphatic heterocycles. The summed E-state index contributed by atoms with van der Waals surface area (Å²) in [5.74, 6) is -0.0264. The number of nitrogens with one attached hydrogen (secondary N) is 2. The summed E-state index contributed by atoms with van der Waals surface area (Å²) >= 11 is 0. The molecule has 2 N–H and O–H groups in total. The molecule has 0 unspecified atom stereocenters. The molecule has 0 atom stereocenters. The molecule has 1 aromatic carbocycles. The average Bonchev–Trinajstić information content (AvgIpc) is 2.66. The molecular formula is C22H31N3O3S. The zero-order valence-electron chi connectivity index (χ0n) is 17.8. The van der Waals surface area contributed by atoms with E-state index < -0.39 is 15.4 Å². The standard InChI is InChI=1S/C22H31N3O3S/c1-6-22(7-2,16-21(3,4)5)20(26)24-17-10-12-19(13-11-17)29(27,28)25-18-9-8-14-23-15-18/h8-15,25H,6-7,16H2,1-5H3,(H,24,26). The van der Waals surface area contributed by atoms with Gasteiger partial charge in [-0.2, -0.15) is 0 Å². The van der Waals surface area contributed by atoms with Crippen molar-refractivity contribution in [2.45, 2.75) is 58.8 Å². The third-order valence-electron chi connectivity index (χ3n) is 5.04. The Kier molecular flexibility index (Phi) is 7.06. The Bertz CT molecular complexity index is 914. The fraction of sp³-hybridized carbons (Fsp3) is 0.455. The van der Waals surface area contributed by atoms with Gasteiger partial charge in [-0.1, -0.05) is 34.6 Å². The number of anilines is 2. The van der Waals surface area contributed by atoms with Crippen LogP contribution >= 0.6 is 0 Å². The first-order valence-electron chi connectivity index (χ1n) is 9.86. The van der Waals surface area contributed by atoms with Crippen molar-refractivity contribution in [3.8, 4) is 0 Å². The van der Waals surface area contributed by atoms with Crippen molar-refractivity contribution in [3.63, 3.8) is 0 Å². The van der Waals surface area contributed by atoms with Gasteiger partial charge in [0.2, 0.25) is 5.91 Å². The van der Waals surface area contributed by atoms with Crippen LogP contribution < -0.4 is 10.0 Å². The molecule has 29 heavy (non-hydrogen) atoms. The van der Waals surface area contributed by atoms with Crippen molar-refractivity contribution in [2.24, 2.45) is 10.8 Å². The topological polar surface area (TPSA) is 88.2 Å². The Morgan fingerprint density at radius 1 is 1.00 bits per heavy atom. The van der Waals surface area contributed by atoms with Crippen LogP contribution in [0.4, 0.5) is 11.4 Å². The lowest BCUT2D eigenvalue weighted by atomic mass is 9.70. The maximum Gasteiger partial charge on any atom is 0.261 e. The molecule has 0 saturated heterocycles. The quantitative estimate of drug-likeness (QED) is 0.628. The summed E-state index contributed by atoms with van der Waals surface area (Å²) in [5, 5.41) is 2.97. The van der Waals surface area contributed by atoms with Gasteiger partial charge in [0.15, 0.2) is 0 Å². The van der Waals surface area contributed by atoms with Gasteiger partial charge in [0, 0.05) is 17.3 Å². The summed E-state index contributed by atoms with van der Waals surface area (Å²) in [5.41, 5.74) is 0.544. The largest absolute Gasteiger partial charge is 0.326 e. The molecule has 7 heteroatoms. The van der Waals surface area contributed by atoms with Crippen molar-refractivity contribution in [2.75, 3.05) is 10.0 Å². The lowest BCUT2D eigenvalue weighted by molar-refractivity contribution is -0.127. The van der Waals surface area contributed by atoms with Gasteiger partial charge >= 0.3 is 0 Å². The van der Waals surface area contributed by atoms with E-state index in [4.69, 9.17) is 0 Å². The summed E-state index contributed by atoms with van der Waals surface area (Å²) in [7, 11) is -3.72. The summed E-state index contributed by atoms with van der Waals surface area (Å²) in [6.45, 7) is 10.5. The molecule has 0 radical (unpaired) electrons. The van der Waals surface area contributed by atoms with Gasteiger partial charge in [0.1, 0.15) is 0 Å². The predicted octanol–water partition coefficient (Wildman–Crippen LogP) is 5.06. The first-order chi connectivity index (χ1) is 13.5. The molecule has 0 spiro atoms. The number of amides is 1. The van der Waals surface area contributed by atoms with E-state index in [2.05, 4.69) is 35.8 Å². The highest BCUT2D eigenvalue weighted by molar-refractivity contribution is 7.92. The fourth-order valence-corrected chi connectivity index (χ4v) is 4.58. The summed E-state index contributed by atoms with van der Waals surface area (Å²) < 4.78 is 27.5. The van der Waals surface area contributed by atoms with E-state index >= 15 is 0 Å². The van der Waals surface area contributed by atoms with Crippen molar-refractivity contribution in [1.29, 1.82) is 0 Å². The molecule has 6 nitrogen and oxygen atoms in total. The van der Waals surface area contributed by atoms with Crippen LogP contribution in [0.3, 0.4) is 0 Å². The van der Waals surface area contributed by atoms with Crippen LogP contribution in [-0.4, -0.2) is 19.3 Å². The van der Waals surface area contributed by atoms with Crippen LogP contribution in [-0.2, 0) is 14.8 Å². The predicted molar refractivity (Wildman–Crippen MR) is 117 cm³/mol. The number of hydrogen-bond donors (Lipinski definition) is 2. The van der Waals surface area contributed by atoms with Crippen molar-refractivity contribution < 1.29 is 13.2 Å². The lowest BCUT2D eigenvalue weighted by Crippen LogP contribution is -2.38. The van der Waals surface area contributed by atoms with Crippen LogP contribution in [0, 0.1) is 10.8 Å². The summed E-state index contributed by atoms with van der Waals surface area (Å²) in [6.07, 6.45) is 5.28. The summed E-state index contributed by atoms with van der Waals surface area (Å²) in [4.78, 5) is 17.1. The van der Waals surface area contributed by atoms with Gasteiger partial charge in [-0.25, -0.2) is 8.42 Å². The number of carbonyl (C=O) groups is 1. The zero-order valence-corrected chi connectivity index (χ0v) is 18.6. The molecule has 1 aromatic heterocycles. The van der Waals surface area contributed by atoms with Gasteiger partial charge in [-0.05, 0) is 61.1 Å². The average molecular weight is 418 g/mol. The second kappa shape index (κ2) is 8.95. The van der Waals surface area contributed by atoms with Crippen molar-refractivity contribution >= 4 is 27.3 Å². The van der Waals surface area contributed by atoms with Crippen molar-refractivity contribution in [3.05, 3.63) is 48.8 Å². The first-order valence-corrected chi connectivity index (χ1v) is 11.3. The van der Waals surface area contributed by atoms with Crippen LogP contribution in [0.25, 0.3) is 0 Å². The van der Waals surface area contributed by atoms with E-state index in [1.165, 1.54) is 18.3 Å². The number of nitrogens with zero attached hydrogens (tertiary/aromatic N) is 1. The number of carbonyl (C=O) groups excluding carboxylic acids is 1. The minimum absolute atomic E-state index is 0.0264. The molecule has 0 aliphatic carbocycles. The third-order valence-corrected chi connectivity index (χ3v) is 6.44. The number of benzene rings is 1. The van der Waals surface area contributed by atoms with Gasteiger partial charge in [-0.15, -0.1) is 0 Å². The van der Waals surface area contributed by atoms with E-state index in [0.29, 0.717) is 11.4 Å². The SMILES string of the molecule is CCC(CC)(CC(C)(C)C)C(=O)Nc1ccc(S(=O)(=O)Nc2cccnc2)cc1. The van der Waals surface area contributed by atoms with E-state index in [1.54, 1.807) is 30.5 Å². The molecule has 158 valence electrons. The number of sulfonamides is 1. The Hall–Kier alpha value is -2.41. The number of rotatable bonds is 8. The highest BCUT2D eigenvalue weighted by Crippen LogP contribution is 2.40. The first kappa shape index (κ1) is 22.9. The highest BCUT2D eigenvalue weighted by Gasteiger charge is 2.38. The van der Waals surface area contributed by atoms with Gasteiger partial charge < -0.3 is 5.32 Å². The minimum Gasteiger partial charge on any atom is -0.326 e.